The van der Waals surface area contributed by atoms with Crippen molar-refractivity contribution in [2.24, 2.45) is 16.6 Å². The number of benzene rings is 1. The number of rotatable bonds is 5. The first-order chi connectivity index (χ1) is 17.3. The molecule has 1 amide bonds. The first kappa shape index (κ1) is 25.2. The van der Waals surface area contributed by atoms with Gasteiger partial charge >= 0.3 is 0 Å². The molecule has 1 aromatic carbocycles. The number of hydrogen-bond acceptors (Lipinski definition) is 7. The van der Waals surface area contributed by atoms with E-state index in [0.717, 1.165) is 62.1 Å². The molecule has 0 radical (unpaired) electrons. The molecular weight excluding hydrogens is 484 g/mol. The van der Waals surface area contributed by atoms with Gasteiger partial charge < -0.3 is 14.4 Å². The summed E-state index contributed by atoms with van der Waals surface area (Å²) in [4.78, 5) is 28.3. The first-order valence-electron chi connectivity index (χ1n) is 12.5. The molecule has 194 valence electrons. The summed E-state index contributed by atoms with van der Waals surface area (Å²) in [6.07, 6.45) is 8.74. The van der Waals surface area contributed by atoms with Crippen LogP contribution in [0.5, 0.6) is 0 Å². The zero-order chi connectivity index (χ0) is 25.4. The number of carbonyl (C=O) groups excluding carboxylic acids is 1. The van der Waals surface area contributed by atoms with Gasteiger partial charge in [-0.25, -0.2) is 13.8 Å². The van der Waals surface area contributed by atoms with Crippen molar-refractivity contribution in [1.29, 1.82) is 0 Å². The monoisotopic (exact) mass is 517 g/mol. The Labute approximate surface area is 214 Å². The summed E-state index contributed by atoms with van der Waals surface area (Å²) >= 11 is 1.47. The fourth-order valence-corrected chi connectivity index (χ4v) is 6.13. The van der Waals surface area contributed by atoms with E-state index in [4.69, 9.17) is 5.73 Å². The van der Waals surface area contributed by atoms with Gasteiger partial charge in [0.2, 0.25) is 5.91 Å². The summed E-state index contributed by atoms with van der Waals surface area (Å²) < 4.78 is 29.7. The van der Waals surface area contributed by atoms with Crippen LogP contribution in [0.4, 0.5) is 8.78 Å². The highest BCUT2D eigenvalue weighted by Crippen LogP contribution is 2.34. The lowest BCUT2D eigenvalue weighted by Gasteiger charge is -2.38. The molecule has 2 aromatic rings. The molecule has 2 saturated heterocycles. The molecule has 36 heavy (non-hydrogen) atoms. The zero-order valence-corrected chi connectivity index (χ0v) is 21.6. The molecule has 2 fully saturated rings. The second-order valence-electron chi connectivity index (χ2n) is 9.89. The van der Waals surface area contributed by atoms with Gasteiger partial charge in [0, 0.05) is 68.8 Å². The number of fused-ring (bicyclic) bond motifs is 1. The quantitative estimate of drug-likeness (QED) is 0.614. The number of nitrogens with two attached hydrogens (primary N) is 1. The average Bonchev–Trinajstić information content (AvgIpc) is 3.24. The second kappa shape index (κ2) is 10.5. The number of amides is 1. The summed E-state index contributed by atoms with van der Waals surface area (Å²) in [5.74, 6) is -1.45. The molecule has 3 aliphatic heterocycles. The summed E-state index contributed by atoms with van der Waals surface area (Å²) in [6, 6.07) is 2.51. The fraction of sp³-hybridized carbons (Fsp3) is 0.560. The number of carbonyl (C=O) groups is 1. The topological polar surface area (TPSA) is 83.0 Å². The van der Waals surface area contributed by atoms with E-state index >= 15 is 0 Å². The molecular formula is C25H33F2N7OS. The van der Waals surface area contributed by atoms with Gasteiger partial charge in [-0.3, -0.25) is 20.4 Å². The average molecular weight is 518 g/mol. The van der Waals surface area contributed by atoms with Crippen LogP contribution in [-0.4, -0.2) is 88.7 Å². The van der Waals surface area contributed by atoms with Crippen LogP contribution in [-0.2, 0) is 4.79 Å². The van der Waals surface area contributed by atoms with Gasteiger partial charge in [0.25, 0.3) is 0 Å². The van der Waals surface area contributed by atoms with Crippen LogP contribution in [0.3, 0.4) is 0 Å². The van der Waals surface area contributed by atoms with Gasteiger partial charge in [-0.2, -0.15) is 0 Å². The van der Waals surface area contributed by atoms with Crippen molar-refractivity contribution < 1.29 is 13.6 Å². The van der Waals surface area contributed by atoms with E-state index in [2.05, 4.69) is 14.9 Å². The zero-order valence-electron chi connectivity index (χ0n) is 20.7. The Hall–Kier alpha value is -2.50. The van der Waals surface area contributed by atoms with Crippen LogP contribution >= 0.6 is 11.8 Å². The highest BCUT2D eigenvalue weighted by Gasteiger charge is 2.32. The molecule has 0 saturated carbocycles. The lowest BCUT2D eigenvalue weighted by Crippen LogP contribution is -2.46. The van der Waals surface area contributed by atoms with Crippen LogP contribution in [0.1, 0.15) is 31.7 Å². The molecule has 5 rings (SSSR count). The standard InChI is InChI=1S/C25H33F2N7OS/c1-31-14-16(13-29-24(31)28)15-32-7-3-17(4-8-32)23(35)33-9-5-18(6-10-33)34-22-12-20(27)19(26)11-21(22)30-25(34)36-2/h11-14,17-18,24H,3-10,15,28H2,1-2H3. The van der Waals surface area contributed by atoms with Crippen molar-refractivity contribution in [3.05, 3.63) is 35.5 Å². The van der Waals surface area contributed by atoms with Crippen molar-refractivity contribution in [3.63, 3.8) is 0 Å². The lowest BCUT2D eigenvalue weighted by molar-refractivity contribution is -0.138. The van der Waals surface area contributed by atoms with Gasteiger partial charge in [-0.1, -0.05) is 11.8 Å². The van der Waals surface area contributed by atoms with Gasteiger partial charge in [0.1, 0.15) is 0 Å². The van der Waals surface area contributed by atoms with Crippen molar-refractivity contribution in [2.45, 2.75) is 43.2 Å². The number of aliphatic imine (C=N–C) groups is 1. The van der Waals surface area contributed by atoms with Gasteiger partial charge in [-0.15, -0.1) is 0 Å². The second-order valence-corrected chi connectivity index (χ2v) is 10.7. The minimum Gasteiger partial charge on any atom is -0.347 e. The number of aromatic nitrogens is 2. The maximum absolute atomic E-state index is 14.0. The molecule has 1 atom stereocenters. The molecule has 11 heteroatoms. The van der Waals surface area contributed by atoms with Crippen LogP contribution in [0.25, 0.3) is 11.0 Å². The lowest BCUT2D eigenvalue weighted by atomic mass is 9.93. The van der Waals surface area contributed by atoms with E-state index in [9.17, 15) is 13.6 Å². The van der Waals surface area contributed by atoms with E-state index in [1.54, 1.807) is 0 Å². The van der Waals surface area contributed by atoms with Crippen molar-refractivity contribution >= 4 is 34.9 Å². The highest BCUT2D eigenvalue weighted by molar-refractivity contribution is 7.98. The molecule has 3 aliphatic rings. The number of piperidine rings is 2. The Morgan fingerprint density at radius 2 is 1.81 bits per heavy atom. The number of nitrogens with zero attached hydrogens (tertiary/aromatic N) is 6. The Kier molecular flexibility index (Phi) is 7.32. The number of thioether (sulfide) groups is 1. The maximum Gasteiger partial charge on any atom is 0.225 e. The van der Waals surface area contributed by atoms with Crippen molar-refractivity contribution in [2.75, 3.05) is 46.0 Å². The van der Waals surface area contributed by atoms with E-state index in [-0.39, 0.29) is 24.2 Å². The Morgan fingerprint density at radius 3 is 2.47 bits per heavy atom. The van der Waals surface area contributed by atoms with Gasteiger partial charge in [0.15, 0.2) is 23.1 Å². The Morgan fingerprint density at radius 1 is 1.11 bits per heavy atom. The van der Waals surface area contributed by atoms with Crippen molar-refractivity contribution in [3.8, 4) is 0 Å². The van der Waals surface area contributed by atoms with Crippen LogP contribution < -0.4 is 5.73 Å². The fourth-order valence-electron chi connectivity index (χ4n) is 5.49. The van der Waals surface area contributed by atoms with E-state index < -0.39 is 11.6 Å². The molecule has 1 unspecified atom stereocenters. The normalized spacial score (nSPS) is 22.5. The number of imidazole rings is 1. The number of likely N-dealkylation sites (tertiary alicyclic amines) is 2. The van der Waals surface area contributed by atoms with Crippen LogP contribution in [0.15, 0.2) is 34.1 Å². The maximum atomic E-state index is 14.0. The summed E-state index contributed by atoms with van der Waals surface area (Å²) in [7, 11) is 1.92. The van der Waals surface area contributed by atoms with E-state index in [1.165, 1.54) is 17.8 Å². The molecule has 8 nitrogen and oxygen atoms in total. The summed E-state index contributed by atoms with van der Waals surface area (Å²) in [5.41, 5.74) is 8.08. The Balaban J connectivity index is 1.16. The van der Waals surface area contributed by atoms with Gasteiger partial charge in [0.05, 0.1) is 11.0 Å². The van der Waals surface area contributed by atoms with Crippen molar-refractivity contribution in [1.82, 2.24) is 24.3 Å². The number of hydrogen-bond donors (Lipinski definition) is 1. The Bertz CT molecular complexity index is 1180. The molecule has 0 bridgehead atoms. The third-order valence-corrected chi connectivity index (χ3v) is 8.20. The van der Waals surface area contributed by atoms with E-state index in [1.807, 2.05) is 40.1 Å². The predicted molar refractivity (Wildman–Crippen MR) is 138 cm³/mol. The number of halogens is 2. The largest absolute Gasteiger partial charge is 0.347 e. The van der Waals surface area contributed by atoms with Crippen LogP contribution in [0.2, 0.25) is 0 Å². The van der Waals surface area contributed by atoms with Crippen LogP contribution in [0, 0.1) is 17.6 Å². The highest BCUT2D eigenvalue weighted by atomic mass is 32.2. The molecule has 0 aliphatic carbocycles. The summed E-state index contributed by atoms with van der Waals surface area (Å²) in [6.45, 7) is 3.91. The smallest absolute Gasteiger partial charge is 0.225 e. The summed E-state index contributed by atoms with van der Waals surface area (Å²) in [5, 5.41) is 0.749. The third-order valence-electron chi connectivity index (χ3n) is 7.55. The first-order valence-corrected chi connectivity index (χ1v) is 13.7. The molecule has 4 heterocycles. The SMILES string of the molecule is CSc1nc2cc(F)c(F)cc2n1C1CCN(C(=O)C2CCN(CC3=CN(C)C(N)N=C3)CC2)CC1. The van der Waals surface area contributed by atoms with Gasteiger partial charge in [-0.05, 0) is 45.0 Å². The minimum absolute atomic E-state index is 0.0517. The molecule has 2 N–H and O–H groups in total. The predicted octanol–water partition coefficient (Wildman–Crippen LogP) is 3.05. The molecule has 1 aromatic heterocycles. The van der Waals surface area contributed by atoms with E-state index in [0.29, 0.717) is 24.1 Å². The third kappa shape index (κ3) is 5.01. The minimum atomic E-state index is -0.883. The molecule has 0 spiro atoms.